The monoisotopic (exact) mass is 229 g/mol. The molecule has 0 atom stereocenters. The van der Waals surface area contributed by atoms with Gasteiger partial charge in [0.05, 0.1) is 0 Å². The van der Waals surface area contributed by atoms with Crippen LogP contribution < -0.4 is 5.32 Å². The normalized spacial score (nSPS) is 10.6. The fraction of sp³-hybridized carbons (Fsp3) is 0. The van der Waals surface area contributed by atoms with E-state index in [1.54, 1.807) is 0 Å². The second-order valence-corrected chi connectivity index (χ2v) is 3.84. The number of benzene rings is 2. The lowest BCUT2D eigenvalue weighted by molar-refractivity contribution is 1.58. The molecule has 1 N–H and O–H groups in total. The summed E-state index contributed by atoms with van der Waals surface area (Å²) in [6, 6.07) is 17.8. The van der Waals surface area contributed by atoms with Crippen molar-refractivity contribution in [2.75, 3.05) is 5.32 Å². The van der Waals surface area contributed by atoms with Gasteiger partial charge in [-0.1, -0.05) is 48.0 Å². The summed E-state index contributed by atoms with van der Waals surface area (Å²) in [6.07, 6.45) is 3.92. The molecule has 0 saturated heterocycles. The highest BCUT2D eigenvalue weighted by atomic mass is 35.5. The van der Waals surface area contributed by atoms with Gasteiger partial charge in [-0.3, -0.25) is 0 Å². The molecule has 0 bridgehead atoms. The molecule has 0 amide bonds. The summed E-state index contributed by atoms with van der Waals surface area (Å²) in [7, 11) is 0. The summed E-state index contributed by atoms with van der Waals surface area (Å²) in [5.41, 5.74) is 2.15. The zero-order valence-electron chi connectivity index (χ0n) is 8.73. The third-order valence-electron chi connectivity index (χ3n) is 2.15. The molecule has 0 fully saturated rings. The minimum atomic E-state index is 0.734. The van der Waals surface area contributed by atoms with Crippen molar-refractivity contribution >= 4 is 23.4 Å². The van der Waals surface area contributed by atoms with Gasteiger partial charge in [0.2, 0.25) is 0 Å². The van der Waals surface area contributed by atoms with E-state index in [-0.39, 0.29) is 0 Å². The quantitative estimate of drug-likeness (QED) is 0.822. The molecule has 80 valence electrons. The lowest BCUT2D eigenvalue weighted by atomic mass is 10.2. The SMILES string of the molecule is Clc1cccc(NC=Cc2ccccc2)c1. The minimum Gasteiger partial charge on any atom is -0.362 e. The Balaban J connectivity index is 2.00. The highest BCUT2D eigenvalue weighted by Crippen LogP contribution is 2.15. The average molecular weight is 230 g/mol. The summed E-state index contributed by atoms with van der Waals surface area (Å²) < 4.78 is 0. The first-order valence-corrected chi connectivity index (χ1v) is 5.46. The highest BCUT2D eigenvalue weighted by molar-refractivity contribution is 6.30. The van der Waals surface area contributed by atoms with E-state index in [1.165, 1.54) is 0 Å². The van der Waals surface area contributed by atoms with Gasteiger partial charge in [-0.15, -0.1) is 0 Å². The van der Waals surface area contributed by atoms with Crippen LogP contribution in [0.2, 0.25) is 5.02 Å². The zero-order chi connectivity index (χ0) is 11.2. The molecule has 2 heteroatoms. The van der Waals surface area contributed by atoms with Crippen molar-refractivity contribution in [1.82, 2.24) is 0 Å². The van der Waals surface area contributed by atoms with E-state index in [0.29, 0.717) is 0 Å². The fourth-order valence-corrected chi connectivity index (χ4v) is 1.57. The van der Waals surface area contributed by atoms with Crippen LogP contribution in [0.3, 0.4) is 0 Å². The number of hydrogen-bond acceptors (Lipinski definition) is 1. The topological polar surface area (TPSA) is 12.0 Å². The Bertz CT molecular complexity index is 477. The minimum absolute atomic E-state index is 0.734. The smallest absolute Gasteiger partial charge is 0.0426 e. The van der Waals surface area contributed by atoms with E-state index in [0.717, 1.165) is 16.3 Å². The van der Waals surface area contributed by atoms with Gasteiger partial charge < -0.3 is 5.32 Å². The van der Waals surface area contributed by atoms with Crippen LogP contribution in [-0.2, 0) is 0 Å². The lowest BCUT2D eigenvalue weighted by Gasteiger charge is -2.00. The Kier molecular flexibility index (Phi) is 3.62. The standard InChI is InChI=1S/C14H12ClN/c15-13-7-4-8-14(11-13)16-10-9-12-5-2-1-3-6-12/h1-11,16H. The Labute approximate surface area is 100 Å². The molecule has 0 aliphatic rings. The summed E-state index contributed by atoms with van der Waals surface area (Å²) >= 11 is 5.88. The van der Waals surface area contributed by atoms with Crippen LogP contribution in [0.25, 0.3) is 6.08 Å². The highest BCUT2D eigenvalue weighted by Gasteiger charge is 1.89. The number of nitrogens with one attached hydrogen (secondary N) is 1. The van der Waals surface area contributed by atoms with Gasteiger partial charge in [0.25, 0.3) is 0 Å². The molecule has 0 unspecified atom stereocenters. The maximum atomic E-state index is 5.88. The Morgan fingerprint density at radius 2 is 1.75 bits per heavy atom. The number of hydrogen-bond donors (Lipinski definition) is 1. The van der Waals surface area contributed by atoms with E-state index in [4.69, 9.17) is 11.6 Å². The first kappa shape index (κ1) is 10.8. The predicted octanol–water partition coefficient (Wildman–Crippen LogP) is 4.42. The summed E-state index contributed by atoms with van der Waals surface area (Å²) in [4.78, 5) is 0. The number of halogens is 1. The lowest BCUT2D eigenvalue weighted by Crippen LogP contribution is -1.86. The fourth-order valence-electron chi connectivity index (χ4n) is 1.38. The van der Waals surface area contributed by atoms with Gasteiger partial charge in [0, 0.05) is 16.9 Å². The second-order valence-electron chi connectivity index (χ2n) is 3.40. The van der Waals surface area contributed by atoms with E-state index in [2.05, 4.69) is 17.4 Å². The molecule has 0 saturated carbocycles. The van der Waals surface area contributed by atoms with E-state index in [9.17, 15) is 0 Å². The van der Waals surface area contributed by atoms with Crippen LogP contribution in [0.1, 0.15) is 5.56 Å². The molecule has 0 aliphatic carbocycles. The van der Waals surface area contributed by atoms with Crippen LogP contribution in [-0.4, -0.2) is 0 Å². The summed E-state index contributed by atoms with van der Waals surface area (Å²) in [5, 5.41) is 3.90. The van der Waals surface area contributed by atoms with Gasteiger partial charge in [-0.05, 0) is 29.8 Å². The molecule has 2 aromatic rings. The molecule has 1 nitrogen and oxygen atoms in total. The number of rotatable bonds is 3. The van der Waals surface area contributed by atoms with Crippen molar-refractivity contribution in [1.29, 1.82) is 0 Å². The summed E-state index contributed by atoms with van der Waals surface area (Å²) in [5.74, 6) is 0. The van der Waals surface area contributed by atoms with Gasteiger partial charge in [-0.25, -0.2) is 0 Å². The van der Waals surface area contributed by atoms with Gasteiger partial charge in [-0.2, -0.15) is 0 Å². The zero-order valence-corrected chi connectivity index (χ0v) is 9.48. The molecule has 0 aromatic heterocycles. The second kappa shape index (κ2) is 5.38. The van der Waals surface area contributed by atoms with E-state index < -0.39 is 0 Å². The maximum Gasteiger partial charge on any atom is 0.0426 e. The van der Waals surface area contributed by atoms with Crippen molar-refractivity contribution in [3.63, 3.8) is 0 Å². The predicted molar refractivity (Wildman–Crippen MR) is 70.6 cm³/mol. The Morgan fingerprint density at radius 3 is 2.50 bits per heavy atom. The van der Waals surface area contributed by atoms with Crippen molar-refractivity contribution in [3.8, 4) is 0 Å². The Hall–Kier alpha value is -1.73. The van der Waals surface area contributed by atoms with E-state index >= 15 is 0 Å². The van der Waals surface area contributed by atoms with Crippen LogP contribution in [0, 0.1) is 0 Å². The molecule has 0 radical (unpaired) electrons. The summed E-state index contributed by atoms with van der Waals surface area (Å²) in [6.45, 7) is 0. The number of anilines is 1. The average Bonchev–Trinajstić information content (AvgIpc) is 2.30. The van der Waals surface area contributed by atoms with Crippen molar-refractivity contribution in [2.45, 2.75) is 0 Å². The third kappa shape index (κ3) is 3.14. The van der Waals surface area contributed by atoms with Gasteiger partial charge >= 0.3 is 0 Å². The molecule has 2 aromatic carbocycles. The maximum absolute atomic E-state index is 5.88. The first-order valence-electron chi connectivity index (χ1n) is 5.08. The van der Waals surface area contributed by atoms with Crippen LogP contribution >= 0.6 is 11.6 Å². The molecular formula is C14H12ClN. The molecular weight excluding hydrogens is 218 g/mol. The molecule has 0 aliphatic heterocycles. The van der Waals surface area contributed by atoms with Crippen molar-refractivity contribution in [2.24, 2.45) is 0 Å². The van der Waals surface area contributed by atoms with Gasteiger partial charge in [0.15, 0.2) is 0 Å². The molecule has 16 heavy (non-hydrogen) atoms. The largest absolute Gasteiger partial charge is 0.362 e. The molecule has 0 heterocycles. The molecule has 0 spiro atoms. The third-order valence-corrected chi connectivity index (χ3v) is 2.39. The molecule has 2 rings (SSSR count). The van der Waals surface area contributed by atoms with Crippen molar-refractivity contribution in [3.05, 3.63) is 71.4 Å². The van der Waals surface area contributed by atoms with Crippen LogP contribution in [0.5, 0.6) is 0 Å². The first-order chi connectivity index (χ1) is 7.84. The van der Waals surface area contributed by atoms with Gasteiger partial charge in [0.1, 0.15) is 0 Å². The van der Waals surface area contributed by atoms with Crippen LogP contribution in [0.4, 0.5) is 5.69 Å². The Morgan fingerprint density at radius 1 is 0.938 bits per heavy atom. The van der Waals surface area contributed by atoms with E-state index in [1.807, 2.05) is 54.7 Å². The van der Waals surface area contributed by atoms with Crippen molar-refractivity contribution < 1.29 is 0 Å². The van der Waals surface area contributed by atoms with Crippen LogP contribution in [0.15, 0.2) is 60.8 Å².